The highest BCUT2D eigenvalue weighted by molar-refractivity contribution is 8.72. The van der Waals surface area contributed by atoms with Gasteiger partial charge < -0.3 is 19.5 Å². The summed E-state index contributed by atoms with van der Waals surface area (Å²) in [6.45, 7) is 2.88. The lowest BCUT2D eigenvalue weighted by Gasteiger charge is -2.46. The summed E-state index contributed by atoms with van der Waals surface area (Å²) in [5.41, 5.74) is 1.93. The maximum absolute atomic E-state index is 14.1. The van der Waals surface area contributed by atoms with Crippen molar-refractivity contribution in [3.8, 4) is 5.75 Å². The van der Waals surface area contributed by atoms with Gasteiger partial charge in [0.15, 0.2) is 18.4 Å². The van der Waals surface area contributed by atoms with Crippen molar-refractivity contribution in [3.05, 3.63) is 143 Å². The third kappa shape index (κ3) is 7.89. The fourth-order valence-corrected chi connectivity index (χ4v) is 8.43. The molecule has 1 N–H and O–H groups in total. The van der Waals surface area contributed by atoms with Crippen LogP contribution in [0.2, 0.25) is 0 Å². The summed E-state index contributed by atoms with van der Waals surface area (Å²) < 4.78 is 44.3. The molecular weight excluding hydrogens is 653 g/mol. The molecule has 0 aliphatic carbocycles. The van der Waals surface area contributed by atoms with E-state index in [9.17, 15) is 22.8 Å². The van der Waals surface area contributed by atoms with Crippen molar-refractivity contribution in [2.75, 3.05) is 13.7 Å². The van der Waals surface area contributed by atoms with Crippen LogP contribution in [-0.2, 0) is 32.7 Å². The minimum absolute atomic E-state index is 0.000301. The number of carbonyl (C=O) groups is 3. The first-order valence-electron chi connectivity index (χ1n) is 14.9. The Balaban J connectivity index is 1.46. The number of rotatable bonds is 13. The Labute approximate surface area is 283 Å². The number of nitrogens with one attached hydrogen (secondary N) is 1. The Morgan fingerprint density at radius 3 is 1.94 bits per heavy atom. The molecule has 4 aromatic rings. The molecule has 48 heavy (non-hydrogen) atoms. The van der Waals surface area contributed by atoms with E-state index in [1.165, 1.54) is 26.2 Å². The van der Waals surface area contributed by atoms with Crippen LogP contribution in [0.15, 0.2) is 132 Å². The van der Waals surface area contributed by atoms with Crippen LogP contribution >= 0.6 is 10.8 Å². The van der Waals surface area contributed by atoms with E-state index in [0.717, 1.165) is 10.5 Å². The van der Waals surface area contributed by atoms with E-state index in [2.05, 4.69) is 5.32 Å². The van der Waals surface area contributed by atoms with E-state index in [1.807, 2.05) is 67.6 Å². The maximum Gasteiger partial charge on any atom is 0.359 e. The van der Waals surface area contributed by atoms with Gasteiger partial charge in [-0.3, -0.25) is 14.5 Å². The average molecular weight is 687 g/mol. The summed E-state index contributed by atoms with van der Waals surface area (Å²) >= 11 is 0. The van der Waals surface area contributed by atoms with E-state index in [0.29, 0.717) is 27.7 Å². The molecule has 10 nitrogen and oxygen atoms in total. The summed E-state index contributed by atoms with van der Waals surface area (Å²) in [6.07, 6.45) is -0.857. The fraction of sp³-hybridized carbons (Fsp3) is 0.194. The summed E-state index contributed by atoms with van der Waals surface area (Å²) in [5, 5.41) is 1.33. The maximum atomic E-state index is 14.1. The molecule has 1 saturated heterocycles. The second-order valence-corrected chi connectivity index (χ2v) is 14.8. The number of nitrogens with zero attached hydrogens (tertiary/aromatic N) is 1. The van der Waals surface area contributed by atoms with Crippen LogP contribution in [0.5, 0.6) is 5.75 Å². The van der Waals surface area contributed by atoms with Crippen molar-refractivity contribution in [2.45, 2.75) is 36.3 Å². The van der Waals surface area contributed by atoms with Gasteiger partial charge in [0.1, 0.15) is 22.9 Å². The van der Waals surface area contributed by atoms with Gasteiger partial charge in [0.2, 0.25) is 8.87 Å². The summed E-state index contributed by atoms with van der Waals surface area (Å²) in [6, 6.07) is 31.7. The van der Waals surface area contributed by atoms with Crippen LogP contribution in [-0.4, -0.2) is 56.2 Å². The molecule has 2 atom stereocenters. The number of benzene rings is 4. The predicted octanol–water partition coefficient (Wildman–Crippen LogP) is 5.36. The number of aryl methyl sites for hydroxylation is 1. The van der Waals surface area contributed by atoms with Crippen LogP contribution < -0.4 is 10.1 Å². The Morgan fingerprint density at radius 2 is 1.40 bits per heavy atom. The highest BCUT2D eigenvalue weighted by Gasteiger charge is 2.55. The van der Waals surface area contributed by atoms with Gasteiger partial charge in [-0.2, -0.15) is 0 Å². The van der Waals surface area contributed by atoms with E-state index in [1.54, 1.807) is 42.5 Å². The standard InChI is InChI=1S/C36H34N2O8S2/c1-24-19-21-29(22-20-24)48(42,43)47-35-31(37-30(39)23-45-28-17-11-6-12-18-28)34(40)38(35)32(25(2)44-3)36(41)46-33(26-13-7-4-8-14-26)27-15-9-5-10-16-27/h4-22,31,33,35H,23H2,1-3H3,(H,37,39)/b32-25-/t31?,35-/m1/s1. The molecule has 5 rings (SSSR count). The molecule has 1 unspecified atom stereocenters. The van der Waals surface area contributed by atoms with Gasteiger partial charge in [-0.1, -0.05) is 96.6 Å². The van der Waals surface area contributed by atoms with Crippen molar-refractivity contribution < 1.29 is 37.0 Å². The van der Waals surface area contributed by atoms with Crippen molar-refractivity contribution in [1.29, 1.82) is 0 Å². The van der Waals surface area contributed by atoms with E-state index < -0.39 is 50.8 Å². The first-order chi connectivity index (χ1) is 23.1. The minimum atomic E-state index is -4.09. The van der Waals surface area contributed by atoms with E-state index in [4.69, 9.17) is 14.2 Å². The highest BCUT2D eigenvalue weighted by Crippen LogP contribution is 2.41. The molecule has 0 bridgehead atoms. The third-order valence-electron chi connectivity index (χ3n) is 7.51. The number of esters is 1. The first-order valence-corrected chi connectivity index (χ1v) is 17.8. The number of hydrogen-bond acceptors (Lipinski definition) is 9. The fourth-order valence-electron chi connectivity index (χ4n) is 4.96. The SMILES string of the molecule is CO/C(C)=C(/C(=O)OC(c1ccccc1)c1ccccc1)N1C(=O)C(NC(=O)COc2ccccc2)[C@H]1SS(=O)(=O)c1ccc(C)cc1. The number of hydrogen-bond donors (Lipinski definition) is 1. The molecule has 1 fully saturated rings. The number of ether oxygens (including phenoxy) is 3. The van der Waals surface area contributed by atoms with Crippen LogP contribution in [0, 0.1) is 6.92 Å². The smallest absolute Gasteiger partial charge is 0.359 e. The number of likely N-dealkylation sites (tertiary alicyclic amines) is 1. The second-order valence-electron chi connectivity index (χ2n) is 10.8. The number of β-lactam (4-membered cyclic amide) rings is 1. The zero-order valence-corrected chi connectivity index (χ0v) is 28.1. The molecule has 12 heteroatoms. The largest absolute Gasteiger partial charge is 0.499 e. The molecule has 0 aromatic heterocycles. The normalized spacial score (nSPS) is 16.4. The lowest BCUT2D eigenvalue weighted by molar-refractivity contribution is -0.155. The van der Waals surface area contributed by atoms with Crippen LogP contribution in [0.4, 0.5) is 0 Å². The van der Waals surface area contributed by atoms with Gasteiger partial charge in [0.05, 0.1) is 12.0 Å². The molecule has 1 heterocycles. The van der Waals surface area contributed by atoms with Gasteiger partial charge in [-0.15, -0.1) is 0 Å². The topological polar surface area (TPSA) is 128 Å². The Bertz CT molecular complexity index is 1850. The molecule has 0 radical (unpaired) electrons. The number of para-hydroxylation sites is 1. The van der Waals surface area contributed by atoms with Gasteiger partial charge in [0.25, 0.3) is 11.8 Å². The summed E-state index contributed by atoms with van der Waals surface area (Å²) in [4.78, 5) is 41.8. The predicted molar refractivity (Wildman–Crippen MR) is 181 cm³/mol. The zero-order chi connectivity index (χ0) is 34.3. The van der Waals surface area contributed by atoms with Crippen LogP contribution in [0.1, 0.15) is 29.7 Å². The molecule has 248 valence electrons. The Kier molecular flexibility index (Phi) is 10.9. The summed E-state index contributed by atoms with van der Waals surface area (Å²) in [7, 11) is -2.34. The van der Waals surface area contributed by atoms with Gasteiger partial charge in [-0.25, -0.2) is 13.2 Å². The highest BCUT2D eigenvalue weighted by atomic mass is 33.1. The molecule has 1 aliphatic heterocycles. The zero-order valence-electron chi connectivity index (χ0n) is 26.4. The number of carbonyl (C=O) groups excluding carboxylic acids is 3. The molecule has 1 aliphatic rings. The number of amides is 2. The molecule has 0 saturated carbocycles. The molecule has 4 aromatic carbocycles. The van der Waals surface area contributed by atoms with Crippen LogP contribution in [0.25, 0.3) is 0 Å². The van der Waals surface area contributed by atoms with E-state index >= 15 is 0 Å². The van der Waals surface area contributed by atoms with Crippen LogP contribution in [0.3, 0.4) is 0 Å². The molecule has 0 spiro atoms. The Morgan fingerprint density at radius 1 is 0.854 bits per heavy atom. The van der Waals surface area contributed by atoms with E-state index in [-0.39, 0.29) is 16.4 Å². The monoisotopic (exact) mass is 686 g/mol. The third-order valence-corrected chi connectivity index (χ3v) is 11.2. The average Bonchev–Trinajstić information content (AvgIpc) is 3.11. The Hall–Kier alpha value is -5.07. The van der Waals surface area contributed by atoms with Crippen molar-refractivity contribution in [3.63, 3.8) is 0 Å². The number of methoxy groups -OCH3 is 1. The quantitative estimate of drug-likeness (QED) is 0.0650. The second kappa shape index (κ2) is 15.2. The van der Waals surface area contributed by atoms with Gasteiger partial charge in [0, 0.05) is 10.8 Å². The lowest BCUT2D eigenvalue weighted by atomic mass is 10.0. The first kappa shape index (κ1) is 34.3. The minimum Gasteiger partial charge on any atom is -0.499 e. The molecular formula is C36H34N2O8S2. The van der Waals surface area contributed by atoms with Crippen molar-refractivity contribution in [2.24, 2.45) is 0 Å². The van der Waals surface area contributed by atoms with Gasteiger partial charge >= 0.3 is 5.97 Å². The number of allylic oxidation sites excluding steroid dienone is 1. The summed E-state index contributed by atoms with van der Waals surface area (Å²) in [5.74, 6) is -1.84. The van der Waals surface area contributed by atoms with Crippen molar-refractivity contribution in [1.82, 2.24) is 10.2 Å². The lowest BCUT2D eigenvalue weighted by Crippen LogP contribution is -2.70. The molecule has 2 amide bonds. The van der Waals surface area contributed by atoms with Gasteiger partial charge in [-0.05, 0) is 49.2 Å². The van der Waals surface area contributed by atoms with Crippen molar-refractivity contribution >= 4 is 37.4 Å².